The lowest BCUT2D eigenvalue weighted by Crippen LogP contribution is -2.06. The van der Waals surface area contributed by atoms with E-state index >= 15 is 0 Å². The van der Waals surface area contributed by atoms with Crippen LogP contribution in [0.4, 0.5) is 0 Å². The standard InChI is InChI=1S/C13H19NO/c1-11-7-5-6-8-12(11)9-15-14-10-13(2,3)4/h5-8,10H,9H2,1-4H3. The van der Waals surface area contributed by atoms with Crippen molar-refractivity contribution in [3.05, 3.63) is 35.4 Å². The Morgan fingerprint density at radius 2 is 1.93 bits per heavy atom. The van der Waals surface area contributed by atoms with Gasteiger partial charge in [0.15, 0.2) is 0 Å². The van der Waals surface area contributed by atoms with Crippen molar-refractivity contribution < 1.29 is 4.84 Å². The maximum absolute atomic E-state index is 5.25. The van der Waals surface area contributed by atoms with Crippen molar-refractivity contribution in [2.75, 3.05) is 0 Å². The number of aryl methyl sites for hydroxylation is 1. The van der Waals surface area contributed by atoms with Gasteiger partial charge >= 0.3 is 0 Å². The van der Waals surface area contributed by atoms with Crippen LogP contribution in [-0.4, -0.2) is 6.21 Å². The third-order valence-corrected chi connectivity index (χ3v) is 2.00. The third-order valence-electron chi connectivity index (χ3n) is 2.00. The van der Waals surface area contributed by atoms with Crippen molar-refractivity contribution in [1.82, 2.24) is 0 Å². The predicted octanol–water partition coefficient (Wildman–Crippen LogP) is 3.54. The van der Waals surface area contributed by atoms with E-state index in [0.717, 1.165) is 0 Å². The van der Waals surface area contributed by atoms with Gasteiger partial charge in [0.2, 0.25) is 0 Å². The van der Waals surface area contributed by atoms with Gasteiger partial charge in [-0.15, -0.1) is 0 Å². The molecule has 1 rings (SSSR count). The smallest absolute Gasteiger partial charge is 0.142 e. The van der Waals surface area contributed by atoms with E-state index in [-0.39, 0.29) is 5.41 Å². The van der Waals surface area contributed by atoms with Crippen LogP contribution in [0.2, 0.25) is 0 Å². The number of rotatable bonds is 3. The highest BCUT2D eigenvalue weighted by Gasteiger charge is 2.05. The van der Waals surface area contributed by atoms with Gasteiger partial charge in [0.1, 0.15) is 6.61 Å². The summed E-state index contributed by atoms with van der Waals surface area (Å²) in [5.41, 5.74) is 2.50. The Morgan fingerprint density at radius 1 is 1.27 bits per heavy atom. The normalized spacial score (nSPS) is 12.0. The van der Waals surface area contributed by atoms with Gasteiger partial charge in [-0.1, -0.05) is 50.2 Å². The molecular formula is C13H19NO. The predicted molar refractivity (Wildman–Crippen MR) is 63.9 cm³/mol. The zero-order valence-electron chi connectivity index (χ0n) is 9.95. The van der Waals surface area contributed by atoms with Crippen molar-refractivity contribution in [1.29, 1.82) is 0 Å². The molecule has 0 aliphatic rings. The van der Waals surface area contributed by atoms with E-state index in [2.05, 4.69) is 45.0 Å². The van der Waals surface area contributed by atoms with E-state index in [9.17, 15) is 0 Å². The number of nitrogens with zero attached hydrogens (tertiary/aromatic N) is 1. The summed E-state index contributed by atoms with van der Waals surface area (Å²) in [6.45, 7) is 8.89. The van der Waals surface area contributed by atoms with E-state index in [1.165, 1.54) is 11.1 Å². The molecule has 0 radical (unpaired) electrons. The summed E-state index contributed by atoms with van der Waals surface area (Å²) in [7, 11) is 0. The van der Waals surface area contributed by atoms with Crippen LogP contribution in [0.3, 0.4) is 0 Å². The molecule has 15 heavy (non-hydrogen) atoms. The fourth-order valence-corrected chi connectivity index (χ4v) is 1.07. The van der Waals surface area contributed by atoms with E-state index < -0.39 is 0 Å². The largest absolute Gasteiger partial charge is 0.391 e. The van der Waals surface area contributed by atoms with Crippen molar-refractivity contribution in [3.63, 3.8) is 0 Å². The van der Waals surface area contributed by atoms with Gasteiger partial charge in [-0.2, -0.15) is 0 Å². The van der Waals surface area contributed by atoms with Gasteiger partial charge in [-0.3, -0.25) is 0 Å². The summed E-state index contributed by atoms with van der Waals surface area (Å²) in [5.74, 6) is 0. The molecular weight excluding hydrogens is 186 g/mol. The minimum Gasteiger partial charge on any atom is -0.391 e. The quantitative estimate of drug-likeness (QED) is 0.546. The van der Waals surface area contributed by atoms with Crippen LogP contribution < -0.4 is 0 Å². The molecule has 0 amide bonds. The molecule has 82 valence electrons. The zero-order chi connectivity index (χ0) is 11.3. The average molecular weight is 205 g/mol. The Bertz CT molecular complexity index is 337. The topological polar surface area (TPSA) is 21.6 Å². The van der Waals surface area contributed by atoms with Gasteiger partial charge < -0.3 is 4.84 Å². The van der Waals surface area contributed by atoms with Crippen molar-refractivity contribution in [2.45, 2.75) is 34.3 Å². The van der Waals surface area contributed by atoms with Crippen LogP contribution in [0, 0.1) is 12.3 Å². The first-order valence-corrected chi connectivity index (χ1v) is 5.20. The fourth-order valence-electron chi connectivity index (χ4n) is 1.07. The lowest BCUT2D eigenvalue weighted by molar-refractivity contribution is 0.129. The van der Waals surface area contributed by atoms with Gasteiger partial charge in [0, 0.05) is 11.6 Å². The second kappa shape index (κ2) is 4.96. The van der Waals surface area contributed by atoms with Crippen LogP contribution in [0.25, 0.3) is 0 Å². The molecule has 0 spiro atoms. The minimum atomic E-state index is 0.0751. The Hall–Kier alpha value is -1.31. The molecule has 0 fully saturated rings. The van der Waals surface area contributed by atoms with Gasteiger partial charge in [-0.25, -0.2) is 0 Å². The van der Waals surface area contributed by atoms with Crippen LogP contribution in [0.15, 0.2) is 29.4 Å². The highest BCUT2D eigenvalue weighted by atomic mass is 16.6. The monoisotopic (exact) mass is 205 g/mol. The summed E-state index contributed by atoms with van der Waals surface area (Å²) in [5, 5.41) is 3.95. The van der Waals surface area contributed by atoms with E-state index in [1.54, 1.807) is 0 Å². The fraction of sp³-hybridized carbons (Fsp3) is 0.462. The molecule has 0 saturated carbocycles. The van der Waals surface area contributed by atoms with E-state index in [0.29, 0.717) is 6.61 Å². The molecule has 0 aliphatic carbocycles. The third kappa shape index (κ3) is 4.63. The maximum atomic E-state index is 5.25. The summed E-state index contributed by atoms with van der Waals surface area (Å²) in [6.07, 6.45) is 1.82. The summed E-state index contributed by atoms with van der Waals surface area (Å²) in [4.78, 5) is 5.25. The Morgan fingerprint density at radius 3 is 2.53 bits per heavy atom. The van der Waals surface area contributed by atoms with Gasteiger partial charge in [-0.05, 0) is 18.1 Å². The van der Waals surface area contributed by atoms with Gasteiger partial charge in [0.25, 0.3) is 0 Å². The van der Waals surface area contributed by atoms with Crippen molar-refractivity contribution in [3.8, 4) is 0 Å². The van der Waals surface area contributed by atoms with E-state index in [4.69, 9.17) is 4.84 Å². The molecule has 1 aromatic carbocycles. The van der Waals surface area contributed by atoms with Gasteiger partial charge in [0.05, 0.1) is 0 Å². The number of hydrogen-bond donors (Lipinski definition) is 0. The van der Waals surface area contributed by atoms with Crippen molar-refractivity contribution >= 4 is 6.21 Å². The molecule has 0 heterocycles. The van der Waals surface area contributed by atoms with Crippen LogP contribution >= 0.6 is 0 Å². The first-order chi connectivity index (χ1) is 6.99. The summed E-state index contributed by atoms with van der Waals surface area (Å²) >= 11 is 0. The first-order valence-electron chi connectivity index (χ1n) is 5.20. The lowest BCUT2D eigenvalue weighted by atomic mass is 10.00. The highest BCUT2D eigenvalue weighted by molar-refractivity contribution is 5.63. The molecule has 0 aliphatic heterocycles. The minimum absolute atomic E-state index is 0.0751. The van der Waals surface area contributed by atoms with Crippen LogP contribution in [0.5, 0.6) is 0 Å². The molecule has 0 aromatic heterocycles. The number of benzene rings is 1. The van der Waals surface area contributed by atoms with Crippen LogP contribution in [0.1, 0.15) is 31.9 Å². The summed E-state index contributed by atoms with van der Waals surface area (Å²) in [6, 6.07) is 8.17. The molecule has 0 unspecified atom stereocenters. The Balaban J connectivity index is 2.45. The molecule has 2 nitrogen and oxygen atoms in total. The molecule has 0 saturated heterocycles. The van der Waals surface area contributed by atoms with E-state index in [1.807, 2.05) is 18.3 Å². The number of hydrogen-bond acceptors (Lipinski definition) is 2. The zero-order valence-corrected chi connectivity index (χ0v) is 9.95. The average Bonchev–Trinajstić information content (AvgIpc) is 2.13. The van der Waals surface area contributed by atoms with Crippen molar-refractivity contribution in [2.24, 2.45) is 10.6 Å². The molecule has 0 bridgehead atoms. The molecule has 2 heteroatoms. The second-order valence-electron chi connectivity index (χ2n) is 4.80. The maximum Gasteiger partial charge on any atom is 0.142 e. The molecule has 0 N–H and O–H groups in total. The lowest BCUT2D eigenvalue weighted by Gasteiger charge is -2.09. The SMILES string of the molecule is Cc1ccccc1CON=CC(C)(C)C. The highest BCUT2D eigenvalue weighted by Crippen LogP contribution is 2.10. The first kappa shape index (κ1) is 11.8. The van der Waals surface area contributed by atoms with Crippen LogP contribution in [-0.2, 0) is 11.4 Å². The number of oxime groups is 1. The Labute approximate surface area is 91.9 Å². The molecule has 0 atom stereocenters. The summed E-state index contributed by atoms with van der Waals surface area (Å²) < 4.78 is 0. The Kier molecular flexibility index (Phi) is 3.89. The second-order valence-corrected chi connectivity index (χ2v) is 4.80. The molecule has 1 aromatic rings.